The average molecular weight is 429 g/mol. The molecule has 148 valence electrons. The molecule has 0 bridgehead atoms. The molecule has 0 heterocycles. The van der Waals surface area contributed by atoms with Crippen molar-refractivity contribution in [2.24, 2.45) is 0 Å². The van der Waals surface area contributed by atoms with E-state index in [1.165, 1.54) is 0 Å². The first-order valence-electron chi connectivity index (χ1n) is 6.21. The van der Waals surface area contributed by atoms with Crippen molar-refractivity contribution >= 4 is 26.0 Å². The van der Waals surface area contributed by atoms with Gasteiger partial charge < -0.3 is 4.18 Å². The van der Waals surface area contributed by atoms with Crippen molar-refractivity contribution in [1.82, 2.24) is 4.72 Å². The third-order valence-corrected chi connectivity index (χ3v) is 4.86. The SMILES string of the molecule is C[C@@H](C(=O)NS(=O)(=O)C(F)(F)F)c1ccc(OS(=O)(=O)C(F)(F)F)cc1. The van der Waals surface area contributed by atoms with Crippen LogP contribution in [0.4, 0.5) is 26.3 Å². The van der Waals surface area contributed by atoms with Crippen LogP contribution < -0.4 is 8.91 Å². The normalized spacial score (nSPS) is 14.6. The van der Waals surface area contributed by atoms with Crippen molar-refractivity contribution in [2.75, 3.05) is 0 Å². The summed E-state index contributed by atoms with van der Waals surface area (Å²) in [6.45, 7) is 1.02. The molecular formula is C11H9F6NO6S2. The molecule has 1 amide bonds. The fourth-order valence-electron chi connectivity index (χ4n) is 1.42. The second kappa shape index (κ2) is 6.94. The molecule has 0 radical (unpaired) electrons. The molecular weight excluding hydrogens is 420 g/mol. The van der Waals surface area contributed by atoms with Gasteiger partial charge >= 0.3 is 31.2 Å². The Bertz CT molecular complexity index is 873. The van der Waals surface area contributed by atoms with Crippen LogP contribution >= 0.6 is 0 Å². The van der Waals surface area contributed by atoms with E-state index in [2.05, 4.69) is 4.18 Å². The van der Waals surface area contributed by atoms with E-state index in [1.54, 1.807) is 0 Å². The maximum absolute atomic E-state index is 12.2. The Hall–Kier alpha value is -2.03. The van der Waals surface area contributed by atoms with Gasteiger partial charge in [0.05, 0.1) is 5.92 Å². The third kappa shape index (κ3) is 5.00. The maximum atomic E-state index is 12.2. The summed E-state index contributed by atoms with van der Waals surface area (Å²) in [6, 6.07) is 3.18. The Labute approximate surface area is 143 Å². The number of rotatable bonds is 5. The molecule has 0 saturated heterocycles. The van der Waals surface area contributed by atoms with Gasteiger partial charge in [0.15, 0.2) is 0 Å². The lowest BCUT2D eigenvalue weighted by atomic mass is 10.0. The Kier molecular flexibility index (Phi) is 5.88. The summed E-state index contributed by atoms with van der Waals surface area (Å²) in [7, 11) is -11.9. The Morgan fingerprint density at radius 3 is 1.81 bits per heavy atom. The summed E-state index contributed by atoms with van der Waals surface area (Å²) in [4.78, 5) is 11.6. The lowest BCUT2D eigenvalue weighted by Gasteiger charge is -2.15. The molecule has 1 aromatic carbocycles. The van der Waals surface area contributed by atoms with E-state index < -0.39 is 48.7 Å². The van der Waals surface area contributed by atoms with E-state index in [0.717, 1.165) is 23.8 Å². The Balaban J connectivity index is 2.94. The van der Waals surface area contributed by atoms with Gasteiger partial charge in [-0.25, -0.2) is 4.72 Å². The first kappa shape index (κ1) is 22.0. The second-order valence-corrected chi connectivity index (χ2v) is 7.90. The van der Waals surface area contributed by atoms with Crippen molar-refractivity contribution in [3.63, 3.8) is 0 Å². The van der Waals surface area contributed by atoms with Crippen molar-refractivity contribution in [3.05, 3.63) is 29.8 Å². The van der Waals surface area contributed by atoms with Crippen LogP contribution in [0.5, 0.6) is 5.75 Å². The quantitative estimate of drug-likeness (QED) is 0.436. The molecule has 1 atom stereocenters. The molecule has 0 fully saturated rings. The molecule has 1 aromatic rings. The molecule has 0 saturated carbocycles. The molecule has 0 aliphatic carbocycles. The van der Waals surface area contributed by atoms with Crippen molar-refractivity contribution < 1.29 is 52.2 Å². The van der Waals surface area contributed by atoms with Gasteiger partial charge in [-0.3, -0.25) is 4.79 Å². The number of hydrogen-bond donors (Lipinski definition) is 1. The number of sulfonamides is 1. The molecule has 7 nitrogen and oxygen atoms in total. The lowest BCUT2D eigenvalue weighted by molar-refractivity contribution is -0.121. The molecule has 1 rings (SSSR count). The van der Waals surface area contributed by atoms with Crippen LogP contribution in [0.1, 0.15) is 18.4 Å². The number of carbonyl (C=O) groups is 1. The minimum atomic E-state index is -5.93. The smallest absolute Gasteiger partial charge is 0.376 e. The zero-order valence-electron chi connectivity index (χ0n) is 12.4. The van der Waals surface area contributed by atoms with E-state index in [4.69, 9.17) is 0 Å². The molecule has 1 N–H and O–H groups in total. The molecule has 0 unspecified atom stereocenters. The van der Waals surface area contributed by atoms with Gasteiger partial charge in [0.25, 0.3) is 0 Å². The minimum Gasteiger partial charge on any atom is -0.376 e. The lowest BCUT2D eigenvalue weighted by Crippen LogP contribution is -2.41. The van der Waals surface area contributed by atoms with Crippen molar-refractivity contribution in [3.8, 4) is 5.75 Å². The number of alkyl halides is 6. The van der Waals surface area contributed by atoms with Gasteiger partial charge in [-0.05, 0) is 24.6 Å². The van der Waals surface area contributed by atoms with Crippen molar-refractivity contribution in [2.45, 2.75) is 23.9 Å². The molecule has 0 aliphatic rings. The van der Waals surface area contributed by atoms with Gasteiger partial charge in [-0.1, -0.05) is 12.1 Å². The van der Waals surface area contributed by atoms with Gasteiger partial charge in [-0.15, -0.1) is 0 Å². The van der Waals surface area contributed by atoms with E-state index in [9.17, 15) is 48.0 Å². The highest BCUT2D eigenvalue weighted by Crippen LogP contribution is 2.28. The van der Waals surface area contributed by atoms with E-state index >= 15 is 0 Å². The summed E-state index contributed by atoms with van der Waals surface area (Å²) in [6.07, 6.45) is 0. The summed E-state index contributed by atoms with van der Waals surface area (Å²) >= 11 is 0. The number of amides is 1. The zero-order valence-corrected chi connectivity index (χ0v) is 14.1. The van der Waals surface area contributed by atoms with E-state index in [0.29, 0.717) is 12.1 Å². The Morgan fingerprint density at radius 1 is 0.962 bits per heavy atom. The van der Waals surface area contributed by atoms with Crippen LogP contribution in [0.3, 0.4) is 0 Å². The first-order valence-corrected chi connectivity index (χ1v) is 9.11. The highest BCUT2D eigenvalue weighted by molar-refractivity contribution is 7.90. The number of nitrogens with one attached hydrogen (secondary N) is 1. The average Bonchev–Trinajstić information content (AvgIpc) is 2.44. The highest BCUT2D eigenvalue weighted by atomic mass is 32.2. The fraction of sp³-hybridized carbons (Fsp3) is 0.364. The predicted octanol–water partition coefficient (Wildman–Crippen LogP) is 1.98. The largest absolute Gasteiger partial charge is 0.534 e. The van der Waals surface area contributed by atoms with E-state index in [-0.39, 0.29) is 5.56 Å². The molecule has 0 aromatic heterocycles. The van der Waals surface area contributed by atoms with Crippen LogP contribution in [-0.2, 0) is 24.9 Å². The number of carbonyl (C=O) groups excluding carboxylic acids is 1. The van der Waals surface area contributed by atoms with Gasteiger partial charge in [0.1, 0.15) is 5.75 Å². The number of halogens is 6. The third-order valence-electron chi connectivity index (χ3n) is 2.80. The monoisotopic (exact) mass is 429 g/mol. The number of hydrogen-bond acceptors (Lipinski definition) is 6. The first-order chi connectivity index (χ1) is 11.5. The molecule has 15 heteroatoms. The standard InChI is InChI=1S/C11H9F6NO6S2/c1-6(9(19)18-25(20,21)10(12,13)14)7-2-4-8(5-3-7)24-26(22,23)11(15,16)17/h2-6H,1H3,(H,18,19)/t6-/m1/s1. The van der Waals surface area contributed by atoms with E-state index in [1.807, 2.05) is 0 Å². The van der Waals surface area contributed by atoms with Crippen LogP contribution in [0.25, 0.3) is 0 Å². The molecule has 26 heavy (non-hydrogen) atoms. The molecule has 0 spiro atoms. The summed E-state index contributed by atoms with van der Waals surface area (Å²) in [5.41, 5.74) is -11.5. The predicted molar refractivity (Wildman–Crippen MR) is 73.6 cm³/mol. The topological polar surface area (TPSA) is 107 Å². The van der Waals surface area contributed by atoms with Crippen molar-refractivity contribution in [1.29, 1.82) is 0 Å². The fourth-order valence-corrected chi connectivity index (χ4v) is 2.43. The van der Waals surface area contributed by atoms with Gasteiger partial charge in [0, 0.05) is 0 Å². The summed E-state index contributed by atoms with van der Waals surface area (Å²) in [5, 5.41) is 0. The summed E-state index contributed by atoms with van der Waals surface area (Å²) < 4.78 is 121. The summed E-state index contributed by atoms with van der Waals surface area (Å²) in [5.74, 6) is -3.79. The van der Waals surface area contributed by atoms with Gasteiger partial charge in [0.2, 0.25) is 5.91 Å². The van der Waals surface area contributed by atoms with Gasteiger partial charge in [-0.2, -0.15) is 43.2 Å². The zero-order chi connectivity index (χ0) is 20.6. The highest BCUT2D eigenvalue weighted by Gasteiger charge is 2.49. The maximum Gasteiger partial charge on any atom is 0.534 e. The number of benzene rings is 1. The van der Waals surface area contributed by atoms with Crippen LogP contribution in [0.15, 0.2) is 24.3 Å². The second-order valence-electron chi connectivity index (χ2n) is 4.69. The minimum absolute atomic E-state index is 0.114. The Morgan fingerprint density at radius 2 is 1.42 bits per heavy atom. The molecule has 0 aliphatic heterocycles. The van der Waals surface area contributed by atoms with Crippen LogP contribution in [-0.4, -0.2) is 33.8 Å². The van der Waals surface area contributed by atoms with Crippen LogP contribution in [0.2, 0.25) is 0 Å². The van der Waals surface area contributed by atoms with Crippen LogP contribution in [0, 0.1) is 0 Å².